The predicted octanol–water partition coefficient (Wildman–Crippen LogP) is 4.44. The number of rotatable bonds is 4. The average Bonchev–Trinajstić information content (AvgIpc) is 2.42. The van der Waals surface area contributed by atoms with E-state index in [2.05, 4.69) is 10.3 Å². The fourth-order valence-corrected chi connectivity index (χ4v) is 1.99. The van der Waals surface area contributed by atoms with Gasteiger partial charge in [-0.05, 0) is 30.2 Å². The van der Waals surface area contributed by atoms with Crippen LogP contribution in [0.4, 0.5) is 15.9 Å². The van der Waals surface area contributed by atoms with E-state index in [1.54, 1.807) is 0 Å². The first kappa shape index (κ1) is 15.3. The molecule has 0 fully saturated rings. The standard InChI is InChI=1S/C15H14ClFN2O2/c1-8(2)12-6-9(15(20)21)7-13(18-12)19-14-10(16)4-3-5-11(14)17/h3-8H,1-2H3,(H,18,19)(H,20,21). The SMILES string of the molecule is CC(C)c1cc(C(=O)O)cc(Nc2c(F)cccc2Cl)n1. The molecule has 0 radical (unpaired) electrons. The zero-order chi connectivity index (χ0) is 15.6. The van der Waals surface area contributed by atoms with Crippen molar-refractivity contribution in [1.82, 2.24) is 4.98 Å². The van der Waals surface area contributed by atoms with Crippen LogP contribution < -0.4 is 5.32 Å². The Hall–Kier alpha value is -2.14. The van der Waals surface area contributed by atoms with Gasteiger partial charge < -0.3 is 10.4 Å². The highest BCUT2D eigenvalue weighted by Crippen LogP contribution is 2.28. The quantitative estimate of drug-likeness (QED) is 0.876. The molecule has 21 heavy (non-hydrogen) atoms. The molecule has 0 aliphatic rings. The molecule has 0 aliphatic carbocycles. The molecule has 0 amide bonds. The summed E-state index contributed by atoms with van der Waals surface area (Å²) in [4.78, 5) is 15.5. The van der Waals surface area contributed by atoms with Gasteiger partial charge in [0.15, 0.2) is 0 Å². The van der Waals surface area contributed by atoms with Crippen molar-refractivity contribution in [3.05, 3.63) is 52.4 Å². The van der Waals surface area contributed by atoms with Gasteiger partial charge in [-0.2, -0.15) is 0 Å². The molecule has 6 heteroatoms. The number of pyridine rings is 1. The third kappa shape index (κ3) is 3.49. The Morgan fingerprint density at radius 2 is 2.10 bits per heavy atom. The van der Waals surface area contributed by atoms with Gasteiger partial charge in [-0.1, -0.05) is 31.5 Å². The largest absolute Gasteiger partial charge is 0.478 e. The van der Waals surface area contributed by atoms with Crippen LogP contribution in [-0.4, -0.2) is 16.1 Å². The van der Waals surface area contributed by atoms with E-state index < -0.39 is 11.8 Å². The molecule has 2 N–H and O–H groups in total. The number of aromatic carboxylic acids is 1. The topological polar surface area (TPSA) is 62.2 Å². The van der Waals surface area contributed by atoms with Crippen molar-refractivity contribution in [3.63, 3.8) is 0 Å². The molecular weight excluding hydrogens is 295 g/mol. The zero-order valence-electron chi connectivity index (χ0n) is 11.5. The summed E-state index contributed by atoms with van der Waals surface area (Å²) in [6.45, 7) is 3.79. The Balaban J connectivity index is 2.46. The summed E-state index contributed by atoms with van der Waals surface area (Å²) in [6.07, 6.45) is 0. The fourth-order valence-electron chi connectivity index (χ4n) is 1.78. The van der Waals surface area contributed by atoms with E-state index in [-0.39, 0.29) is 28.0 Å². The summed E-state index contributed by atoms with van der Waals surface area (Å²) in [5, 5.41) is 12.1. The highest BCUT2D eigenvalue weighted by Gasteiger charge is 2.13. The summed E-state index contributed by atoms with van der Waals surface area (Å²) in [5.41, 5.74) is 0.762. The number of carboxylic acids is 1. The molecule has 0 aliphatic heterocycles. The number of anilines is 2. The lowest BCUT2D eigenvalue weighted by Gasteiger charge is -2.12. The maximum atomic E-state index is 13.8. The first-order chi connectivity index (χ1) is 9.88. The number of aromatic nitrogens is 1. The number of carboxylic acid groups (broad SMARTS) is 1. The van der Waals surface area contributed by atoms with E-state index in [1.807, 2.05) is 13.8 Å². The number of hydrogen-bond donors (Lipinski definition) is 2. The highest BCUT2D eigenvalue weighted by atomic mass is 35.5. The minimum absolute atomic E-state index is 0.0425. The molecule has 0 bridgehead atoms. The molecule has 0 saturated carbocycles. The molecule has 1 aromatic heterocycles. The van der Waals surface area contributed by atoms with Gasteiger partial charge in [0.1, 0.15) is 11.6 Å². The minimum atomic E-state index is -1.07. The Bertz CT molecular complexity index is 669. The molecular formula is C15H14ClFN2O2. The number of hydrogen-bond acceptors (Lipinski definition) is 3. The van der Waals surface area contributed by atoms with E-state index in [4.69, 9.17) is 16.7 Å². The second-order valence-corrected chi connectivity index (χ2v) is 5.25. The van der Waals surface area contributed by atoms with Gasteiger partial charge in [0.25, 0.3) is 0 Å². The van der Waals surface area contributed by atoms with Crippen LogP contribution in [0.2, 0.25) is 5.02 Å². The normalized spacial score (nSPS) is 10.7. The second-order valence-electron chi connectivity index (χ2n) is 4.85. The van der Waals surface area contributed by atoms with Crippen LogP contribution >= 0.6 is 11.6 Å². The second kappa shape index (κ2) is 6.10. The molecule has 0 unspecified atom stereocenters. The number of halogens is 2. The maximum absolute atomic E-state index is 13.8. The van der Waals surface area contributed by atoms with Crippen LogP contribution in [0.5, 0.6) is 0 Å². The molecule has 2 aromatic rings. The van der Waals surface area contributed by atoms with Crippen molar-refractivity contribution in [2.24, 2.45) is 0 Å². The number of para-hydroxylation sites is 1. The van der Waals surface area contributed by atoms with Gasteiger partial charge in [-0.25, -0.2) is 14.2 Å². The van der Waals surface area contributed by atoms with Crippen LogP contribution in [0.15, 0.2) is 30.3 Å². The first-order valence-corrected chi connectivity index (χ1v) is 6.72. The van der Waals surface area contributed by atoms with Gasteiger partial charge in [0.2, 0.25) is 0 Å². The number of nitrogens with one attached hydrogen (secondary N) is 1. The summed E-state index contributed by atoms with van der Waals surface area (Å²) < 4.78 is 13.8. The zero-order valence-corrected chi connectivity index (χ0v) is 12.3. The average molecular weight is 309 g/mol. The number of carbonyl (C=O) groups is 1. The minimum Gasteiger partial charge on any atom is -0.478 e. The number of benzene rings is 1. The number of nitrogens with zero attached hydrogens (tertiary/aromatic N) is 1. The monoisotopic (exact) mass is 308 g/mol. The summed E-state index contributed by atoms with van der Waals surface area (Å²) in [6, 6.07) is 7.14. The molecule has 1 aromatic carbocycles. The van der Waals surface area contributed by atoms with Gasteiger partial charge in [0.05, 0.1) is 16.3 Å². The van der Waals surface area contributed by atoms with Gasteiger partial charge in [0, 0.05) is 5.69 Å². The molecule has 4 nitrogen and oxygen atoms in total. The predicted molar refractivity (Wildman–Crippen MR) is 80.0 cm³/mol. The van der Waals surface area contributed by atoms with Crippen molar-refractivity contribution < 1.29 is 14.3 Å². The van der Waals surface area contributed by atoms with E-state index >= 15 is 0 Å². The Morgan fingerprint density at radius 3 is 2.67 bits per heavy atom. The van der Waals surface area contributed by atoms with Crippen molar-refractivity contribution in [2.75, 3.05) is 5.32 Å². The lowest BCUT2D eigenvalue weighted by molar-refractivity contribution is 0.0696. The third-order valence-corrected chi connectivity index (χ3v) is 3.21. The molecule has 2 rings (SSSR count). The Morgan fingerprint density at radius 1 is 1.38 bits per heavy atom. The fraction of sp³-hybridized carbons (Fsp3) is 0.200. The van der Waals surface area contributed by atoms with E-state index in [0.29, 0.717) is 5.69 Å². The van der Waals surface area contributed by atoms with Crippen LogP contribution in [-0.2, 0) is 0 Å². The summed E-state index contributed by atoms with van der Waals surface area (Å²) in [5.74, 6) is -1.32. The van der Waals surface area contributed by atoms with Crippen molar-refractivity contribution in [1.29, 1.82) is 0 Å². The Labute approximate surface area is 126 Å². The van der Waals surface area contributed by atoms with Crippen LogP contribution in [0.25, 0.3) is 0 Å². The third-order valence-electron chi connectivity index (χ3n) is 2.90. The van der Waals surface area contributed by atoms with Crippen molar-refractivity contribution >= 4 is 29.1 Å². The maximum Gasteiger partial charge on any atom is 0.335 e. The molecule has 0 atom stereocenters. The smallest absolute Gasteiger partial charge is 0.335 e. The van der Waals surface area contributed by atoms with Crippen molar-refractivity contribution in [3.8, 4) is 0 Å². The molecule has 0 saturated heterocycles. The lowest BCUT2D eigenvalue weighted by Crippen LogP contribution is -2.05. The van der Waals surface area contributed by atoms with E-state index in [1.165, 1.54) is 30.3 Å². The summed E-state index contributed by atoms with van der Waals surface area (Å²) >= 11 is 5.94. The van der Waals surface area contributed by atoms with E-state index in [9.17, 15) is 9.18 Å². The van der Waals surface area contributed by atoms with E-state index in [0.717, 1.165) is 0 Å². The van der Waals surface area contributed by atoms with Crippen LogP contribution in [0, 0.1) is 5.82 Å². The van der Waals surface area contributed by atoms with Gasteiger partial charge in [-0.15, -0.1) is 0 Å². The Kier molecular flexibility index (Phi) is 4.43. The highest BCUT2D eigenvalue weighted by molar-refractivity contribution is 6.33. The van der Waals surface area contributed by atoms with Gasteiger partial charge >= 0.3 is 5.97 Å². The van der Waals surface area contributed by atoms with Crippen LogP contribution in [0.1, 0.15) is 35.8 Å². The van der Waals surface area contributed by atoms with Crippen LogP contribution in [0.3, 0.4) is 0 Å². The first-order valence-electron chi connectivity index (χ1n) is 6.35. The lowest BCUT2D eigenvalue weighted by atomic mass is 10.1. The molecule has 110 valence electrons. The molecule has 1 heterocycles. The van der Waals surface area contributed by atoms with Gasteiger partial charge in [-0.3, -0.25) is 0 Å². The summed E-state index contributed by atoms with van der Waals surface area (Å²) in [7, 11) is 0. The molecule has 0 spiro atoms. The van der Waals surface area contributed by atoms with Crippen molar-refractivity contribution in [2.45, 2.75) is 19.8 Å².